The van der Waals surface area contributed by atoms with Crippen LogP contribution in [0.5, 0.6) is 0 Å². The molecule has 7 nitrogen and oxygen atoms in total. The lowest BCUT2D eigenvalue weighted by atomic mass is 9.95. The summed E-state index contributed by atoms with van der Waals surface area (Å²) in [6.45, 7) is 3.99. The molecule has 1 aromatic rings. The van der Waals surface area contributed by atoms with Crippen molar-refractivity contribution in [2.75, 3.05) is 32.7 Å². The van der Waals surface area contributed by atoms with Crippen LogP contribution >= 0.6 is 11.6 Å². The molecule has 3 fully saturated rings. The topological polar surface area (TPSA) is 82.6 Å². The SMILES string of the molecule is O=C(NC1CCN(CC2CCCC2)CC1)C1CCN(S(=O)(=O)c2cccnc2Cl)CC1. The van der Waals surface area contributed by atoms with E-state index in [1.54, 1.807) is 6.07 Å². The fourth-order valence-electron chi connectivity index (χ4n) is 5.20. The number of halogens is 1. The number of nitrogens with zero attached hydrogens (tertiary/aromatic N) is 3. The summed E-state index contributed by atoms with van der Waals surface area (Å²) in [7, 11) is -3.68. The Hall–Kier alpha value is -1.22. The molecule has 0 radical (unpaired) electrons. The fraction of sp³-hybridized carbons (Fsp3) is 0.727. The van der Waals surface area contributed by atoms with Gasteiger partial charge in [0.25, 0.3) is 0 Å². The molecule has 0 aromatic carbocycles. The van der Waals surface area contributed by atoms with Gasteiger partial charge in [-0.2, -0.15) is 4.31 Å². The lowest BCUT2D eigenvalue weighted by Crippen LogP contribution is -2.49. The van der Waals surface area contributed by atoms with E-state index in [9.17, 15) is 13.2 Å². The monoisotopic (exact) mass is 468 g/mol. The lowest BCUT2D eigenvalue weighted by molar-refractivity contribution is -0.127. The Morgan fingerprint density at radius 3 is 2.39 bits per heavy atom. The quantitative estimate of drug-likeness (QED) is 0.649. The summed E-state index contributed by atoms with van der Waals surface area (Å²) in [5.41, 5.74) is 0. The average molecular weight is 469 g/mol. The molecule has 1 N–H and O–H groups in total. The van der Waals surface area contributed by atoms with E-state index in [0.717, 1.165) is 31.8 Å². The number of hydrogen-bond acceptors (Lipinski definition) is 5. The fourth-order valence-corrected chi connectivity index (χ4v) is 7.10. The zero-order valence-corrected chi connectivity index (χ0v) is 19.6. The number of aromatic nitrogens is 1. The van der Waals surface area contributed by atoms with Crippen LogP contribution in [-0.2, 0) is 14.8 Å². The molecule has 1 aliphatic carbocycles. The van der Waals surface area contributed by atoms with Gasteiger partial charge in [-0.3, -0.25) is 4.79 Å². The van der Waals surface area contributed by atoms with Crippen LogP contribution in [0.3, 0.4) is 0 Å². The minimum absolute atomic E-state index is 0.0124. The highest BCUT2D eigenvalue weighted by Crippen LogP contribution is 2.28. The number of carbonyl (C=O) groups is 1. The third kappa shape index (κ3) is 5.59. The highest BCUT2D eigenvalue weighted by Gasteiger charge is 2.34. The Labute approximate surface area is 190 Å². The van der Waals surface area contributed by atoms with Gasteiger partial charge in [0.2, 0.25) is 15.9 Å². The van der Waals surface area contributed by atoms with Gasteiger partial charge in [-0.25, -0.2) is 13.4 Å². The molecule has 1 amide bonds. The van der Waals surface area contributed by atoms with Crippen molar-refractivity contribution >= 4 is 27.5 Å². The van der Waals surface area contributed by atoms with Gasteiger partial charge in [-0.1, -0.05) is 24.4 Å². The summed E-state index contributed by atoms with van der Waals surface area (Å²) in [4.78, 5) is 19.2. The smallest absolute Gasteiger partial charge is 0.246 e. The number of hydrogen-bond donors (Lipinski definition) is 1. The molecule has 1 saturated carbocycles. The maximum atomic E-state index is 12.9. The molecule has 172 valence electrons. The molecule has 0 spiro atoms. The van der Waals surface area contributed by atoms with Crippen molar-refractivity contribution in [2.24, 2.45) is 11.8 Å². The second kappa shape index (κ2) is 10.1. The normalized spacial score (nSPS) is 23.3. The van der Waals surface area contributed by atoms with Crippen molar-refractivity contribution in [1.29, 1.82) is 0 Å². The molecule has 0 atom stereocenters. The van der Waals surface area contributed by atoms with Gasteiger partial charge >= 0.3 is 0 Å². The molecular formula is C22H33ClN4O3S. The Bertz CT molecular complexity index is 859. The minimum atomic E-state index is -3.68. The number of amides is 1. The third-order valence-electron chi connectivity index (χ3n) is 7.09. The summed E-state index contributed by atoms with van der Waals surface area (Å²) in [5.74, 6) is 0.812. The standard InChI is InChI=1S/C22H33ClN4O3S/c23-21-20(6-3-11-24-21)31(29,30)27-14-7-18(8-15-27)22(28)25-19-9-12-26(13-10-19)16-17-4-1-2-5-17/h3,6,11,17-19H,1-2,4-5,7-10,12-16H2,(H,25,28). The van der Waals surface area contributed by atoms with Crippen molar-refractivity contribution < 1.29 is 13.2 Å². The first-order chi connectivity index (χ1) is 14.9. The van der Waals surface area contributed by atoms with E-state index in [2.05, 4.69) is 15.2 Å². The highest BCUT2D eigenvalue weighted by atomic mass is 35.5. The van der Waals surface area contributed by atoms with Crippen LogP contribution in [0.15, 0.2) is 23.2 Å². The Morgan fingerprint density at radius 1 is 1.06 bits per heavy atom. The van der Waals surface area contributed by atoms with Crippen molar-refractivity contribution in [2.45, 2.75) is 62.3 Å². The molecule has 31 heavy (non-hydrogen) atoms. The number of nitrogens with one attached hydrogen (secondary N) is 1. The first kappa shape index (κ1) is 23.0. The van der Waals surface area contributed by atoms with Gasteiger partial charge in [0.05, 0.1) is 0 Å². The number of pyridine rings is 1. The van der Waals surface area contributed by atoms with E-state index in [4.69, 9.17) is 11.6 Å². The van der Waals surface area contributed by atoms with Gasteiger partial charge in [0, 0.05) is 50.9 Å². The maximum Gasteiger partial charge on any atom is 0.246 e. The summed E-state index contributed by atoms with van der Waals surface area (Å²) < 4.78 is 27.1. The van der Waals surface area contributed by atoms with E-state index in [1.807, 2.05) is 0 Å². The highest BCUT2D eigenvalue weighted by molar-refractivity contribution is 7.89. The average Bonchev–Trinajstić information content (AvgIpc) is 3.28. The number of carbonyl (C=O) groups excluding carboxylic acids is 1. The zero-order valence-electron chi connectivity index (χ0n) is 18.0. The van der Waals surface area contributed by atoms with Crippen LogP contribution < -0.4 is 5.32 Å². The van der Waals surface area contributed by atoms with Crippen LogP contribution in [0, 0.1) is 11.8 Å². The van der Waals surface area contributed by atoms with Crippen molar-refractivity contribution in [3.05, 3.63) is 23.5 Å². The van der Waals surface area contributed by atoms with E-state index >= 15 is 0 Å². The number of likely N-dealkylation sites (tertiary alicyclic amines) is 1. The van der Waals surface area contributed by atoms with Crippen molar-refractivity contribution in [1.82, 2.24) is 19.5 Å². The predicted molar refractivity (Wildman–Crippen MR) is 120 cm³/mol. The van der Waals surface area contributed by atoms with Crippen LogP contribution in [0.4, 0.5) is 0 Å². The molecule has 4 rings (SSSR count). The molecule has 0 unspecified atom stereocenters. The molecule has 9 heteroatoms. The Morgan fingerprint density at radius 2 is 1.74 bits per heavy atom. The second-order valence-corrected chi connectivity index (χ2v) is 11.5. The molecule has 0 bridgehead atoms. The second-order valence-electron chi connectivity index (χ2n) is 9.20. The summed E-state index contributed by atoms with van der Waals surface area (Å²) in [6.07, 6.45) is 10.1. The summed E-state index contributed by atoms with van der Waals surface area (Å²) in [5, 5.41) is 3.22. The van der Waals surface area contributed by atoms with Crippen LogP contribution in [0.25, 0.3) is 0 Å². The maximum absolute atomic E-state index is 12.9. The first-order valence-corrected chi connectivity index (χ1v) is 13.4. The summed E-state index contributed by atoms with van der Waals surface area (Å²) in [6, 6.07) is 3.28. The zero-order chi connectivity index (χ0) is 21.8. The first-order valence-electron chi connectivity index (χ1n) is 11.6. The largest absolute Gasteiger partial charge is 0.353 e. The van der Waals surface area contributed by atoms with E-state index < -0.39 is 10.0 Å². The number of piperidine rings is 2. The predicted octanol–water partition coefficient (Wildman–Crippen LogP) is 2.91. The van der Waals surface area contributed by atoms with Gasteiger partial charge in [-0.15, -0.1) is 0 Å². The molecule has 1 aromatic heterocycles. The molecule has 3 aliphatic rings. The molecule has 3 heterocycles. The molecule has 2 saturated heterocycles. The van der Waals surface area contributed by atoms with Gasteiger partial charge in [0.15, 0.2) is 0 Å². The number of sulfonamides is 1. The van der Waals surface area contributed by atoms with E-state index in [-0.39, 0.29) is 27.9 Å². The van der Waals surface area contributed by atoms with Crippen LogP contribution in [-0.4, -0.2) is 67.3 Å². The third-order valence-corrected chi connectivity index (χ3v) is 9.44. The van der Waals surface area contributed by atoms with Crippen LogP contribution in [0.2, 0.25) is 5.15 Å². The van der Waals surface area contributed by atoms with E-state index in [0.29, 0.717) is 25.9 Å². The van der Waals surface area contributed by atoms with Crippen LogP contribution in [0.1, 0.15) is 51.4 Å². The minimum Gasteiger partial charge on any atom is -0.353 e. The van der Waals surface area contributed by atoms with E-state index in [1.165, 1.54) is 48.8 Å². The Balaban J connectivity index is 1.22. The van der Waals surface area contributed by atoms with Gasteiger partial charge < -0.3 is 10.2 Å². The molecule has 2 aliphatic heterocycles. The van der Waals surface area contributed by atoms with Crippen molar-refractivity contribution in [3.8, 4) is 0 Å². The summed E-state index contributed by atoms with van der Waals surface area (Å²) >= 11 is 5.99. The van der Waals surface area contributed by atoms with Gasteiger partial charge in [-0.05, 0) is 56.6 Å². The number of rotatable bonds is 6. The molecular weight excluding hydrogens is 436 g/mol. The van der Waals surface area contributed by atoms with Crippen molar-refractivity contribution in [3.63, 3.8) is 0 Å². The lowest BCUT2D eigenvalue weighted by Gasteiger charge is -2.35. The van der Waals surface area contributed by atoms with Gasteiger partial charge in [0.1, 0.15) is 10.0 Å². The Kier molecular flexibility index (Phi) is 7.52.